The van der Waals surface area contributed by atoms with E-state index in [9.17, 15) is 19.2 Å². The quantitative estimate of drug-likeness (QED) is 0.573. The van der Waals surface area contributed by atoms with Crippen LogP contribution in [0, 0.1) is 17.3 Å². The van der Waals surface area contributed by atoms with Gasteiger partial charge < -0.3 is 20.1 Å². The van der Waals surface area contributed by atoms with Gasteiger partial charge in [-0.1, -0.05) is 0 Å². The number of aldehydes is 1. The third kappa shape index (κ3) is 2.13. The third-order valence-electron chi connectivity index (χ3n) is 3.32. The molecule has 17 heavy (non-hydrogen) atoms. The standard InChI is InChI=1S/C10H12O7/c11-2-1-10(9(16)17)4-5(7(12)13)3-6(10)8(14)15/h2,5-6H,1,3-4H2,(H,12,13)(H,14,15)(H,16,17). The summed E-state index contributed by atoms with van der Waals surface area (Å²) in [6, 6.07) is 0. The molecular formula is C10H12O7. The van der Waals surface area contributed by atoms with Crippen molar-refractivity contribution < 1.29 is 34.5 Å². The van der Waals surface area contributed by atoms with Gasteiger partial charge in [0.25, 0.3) is 0 Å². The zero-order valence-corrected chi connectivity index (χ0v) is 8.83. The number of carbonyl (C=O) groups is 4. The molecule has 1 aliphatic carbocycles. The summed E-state index contributed by atoms with van der Waals surface area (Å²) in [7, 11) is 0. The summed E-state index contributed by atoms with van der Waals surface area (Å²) in [6.07, 6.45) is -0.741. The Hall–Kier alpha value is -1.92. The molecule has 0 spiro atoms. The molecule has 3 unspecified atom stereocenters. The van der Waals surface area contributed by atoms with Crippen LogP contribution in [-0.4, -0.2) is 39.5 Å². The molecule has 1 aliphatic rings. The average Bonchev–Trinajstić information content (AvgIpc) is 2.59. The monoisotopic (exact) mass is 244 g/mol. The van der Waals surface area contributed by atoms with Gasteiger partial charge in [-0.15, -0.1) is 0 Å². The molecule has 0 saturated heterocycles. The highest BCUT2D eigenvalue weighted by Gasteiger charge is 2.57. The van der Waals surface area contributed by atoms with E-state index in [1.807, 2.05) is 0 Å². The highest BCUT2D eigenvalue weighted by Crippen LogP contribution is 2.49. The fourth-order valence-corrected chi connectivity index (χ4v) is 2.40. The van der Waals surface area contributed by atoms with Crippen LogP contribution in [0.2, 0.25) is 0 Å². The number of carboxylic acid groups (broad SMARTS) is 3. The predicted molar refractivity (Wildman–Crippen MR) is 52.2 cm³/mol. The molecule has 0 aliphatic heterocycles. The molecule has 0 aromatic heterocycles. The first-order valence-corrected chi connectivity index (χ1v) is 4.98. The molecule has 1 rings (SSSR count). The van der Waals surface area contributed by atoms with E-state index in [2.05, 4.69) is 0 Å². The lowest BCUT2D eigenvalue weighted by Gasteiger charge is -2.26. The molecule has 0 heterocycles. The second kappa shape index (κ2) is 4.52. The number of carboxylic acids is 3. The minimum atomic E-state index is -1.80. The Morgan fingerprint density at radius 1 is 1.18 bits per heavy atom. The molecule has 0 bridgehead atoms. The minimum Gasteiger partial charge on any atom is -0.481 e. The molecule has 7 heteroatoms. The Labute approximate surface area is 96.0 Å². The maximum Gasteiger partial charge on any atom is 0.310 e. The number of aliphatic carboxylic acids is 3. The molecule has 7 nitrogen and oxygen atoms in total. The van der Waals surface area contributed by atoms with Crippen LogP contribution in [0.15, 0.2) is 0 Å². The van der Waals surface area contributed by atoms with Gasteiger partial charge in [-0.3, -0.25) is 14.4 Å². The first-order chi connectivity index (χ1) is 7.85. The van der Waals surface area contributed by atoms with E-state index in [4.69, 9.17) is 15.3 Å². The summed E-state index contributed by atoms with van der Waals surface area (Å²) < 4.78 is 0. The predicted octanol–water partition coefficient (Wildman–Crippen LogP) is -0.158. The topological polar surface area (TPSA) is 129 Å². The van der Waals surface area contributed by atoms with Gasteiger partial charge in [-0.25, -0.2) is 0 Å². The number of hydrogen-bond acceptors (Lipinski definition) is 4. The van der Waals surface area contributed by atoms with E-state index in [1.165, 1.54) is 0 Å². The molecule has 0 amide bonds. The lowest BCUT2D eigenvalue weighted by molar-refractivity contribution is -0.161. The second-order valence-electron chi connectivity index (χ2n) is 4.20. The van der Waals surface area contributed by atoms with Crippen LogP contribution < -0.4 is 0 Å². The smallest absolute Gasteiger partial charge is 0.310 e. The zero-order chi connectivity index (χ0) is 13.2. The van der Waals surface area contributed by atoms with Gasteiger partial charge >= 0.3 is 17.9 Å². The lowest BCUT2D eigenvalue weighted by Crippen LogP contribution is -2.39. The van der Waals surface area contributed by atoms with E-state index in [-0.39, 0.29) is 12.8 Å². The molecule has 1 fully saturated rings. The summed E-state index contributed by atoms with van der Waals surface area (Å²) in [5.41, 5.74) is -1.80. The lowest BCUT2D eigenvalue weighted by atomic mass is 9.75. The van der Waals surface area contributed by atoms with Crippen LogP contribution in [0.3, 0.4) is 0 Å². The Kier molecular flexibility index (Phi) is 3.50. The fourth-order valence-electron chi connectivity index (χ4n) is 2.40. The van der Waals surface area contributed by atoms with Crippen molar-refractivity contribution in [3.05, 3.63) is 0 Å². The van der Waals surface area contributed by atoms with Gasteiger partial charge in [-0.05, 0) is 12.8 Å². The number of carbonyl (C=O) groups excluding carboxylic acids is 1. The van der Waals surface area contributed by atoms with Crippen LogP contribution >= 0.6 is 0 Å². The van der Waals surface area contributed by atoms with Crippen molar-refractivity contribution >= 4 is 24.2 Å². The summed E-state index contributed by atoms with van der Waals surface area (Å²) in [4.78, 5) is 43.5. The maximum absolute atomic E-state index is 11.2. The highest BCUT2D eigenvalue weighted by atomic mass is 16.4. The Morgan fingerprint density at radius 3 is 2.12 bits per heavy atom. The molecule has 3 atom stereocenters. The average molecular weight is 244 g/mol. The zero-order valence-electron chi connectivity index (χ0n) is 8.83. The van der Waals surface area contributed by atoms with Gasteiger partial charge in [0.15, 0.2) is 0 Å². The van der Waals surface area contributed by atoms with E-state index in [0.717, 1.165) is 0 Å². The Balaban J connectivity index is 3.15. The van der Waals surface area contributed by atoms with Gasteiger partial charge in [0.2, 0.25) is 0 Å². The van der Waals surface area contributed by atoms with Crippen molar-refractivity contribution in [1.82, 2.24) is 0 Å². The summed E-state index contributed by atoms with van der Waals surface area (Å²) in [5.74, 6) is -6.41. The first-order valence-electron chi connectivity index (χ1n) is 4.98. The molecule has 3 N–H and O–H groups in total. The fraction of sp³-hybridized carbons (Fsp3) is 0.600. The number of hydrogen-bond donors (Lipinski definition) is 3. The second-order valence-corrected chi connectivity index (χ2v) is 4.20. The van der Waals surface area contributed by atoms with Crippen LogP contribution in [-0.2, 0) is 19.2 Å². The number of rotatable bonds is 5. The van der Waals surface area contributed by atoms with Crippen LogP contribution in [0.4, 0.5) is 0 Å². The van der Waals surface area contributed by atoms with E-state index >= 15 is 0 Å². The summed E-state index contributed by atoms with van der Waals surface area (Å²) >= 11 is 0. The van der Waals surface area contributed by atoms with Gasteiger partial charge in [-0.2, -0.15) is 0 Å². The maximum atomic E-state index is 11.2. The van der Waals surface area contributed by atoms with E-state index in [0.29, 0.717) is 6.29 Å². The summed E-state index contributed by atoms with van der Waals surface area (Å²) in [6.45, 7) is 0. The highest BCUT2D eigenvalue weighted by molar-refractivity contribution is 5.88. The van der Waals surface area contributed by atoms with Gasteiger partial charge in [0.05, 0.1) is 17.3 Å². The van der Waals surface area contributed by atoms with Crippen LogP contribution in [0.1, 0.15) is 19.3 Å². The van der Waals surface area contributed by atoms with Crippen LogP contribution in [0.5, 0.6) is 0 Å². The molecule has 94 valence electrons. The molecule has 0 radical (unpaired) electrons. The van der Waals surface area contributed by atoms with Crippen molar-refractivity contribution in [1.29, 1.82) is 0 Å². The van der Waals surface area contributed by atoms with E-state index in [1.54, 1.807) is 0 Å². The van der Waals surface area contributed by atoms with Crippen molar-refractivity contribution in [3.8, 4) is 0 Å². The minimum absolute atomic E-state index is 0.259. The van der Waals surface area contributed by atoms with Crippen molar-refractivity contribution in [2.24, 2.45) is 17.3 Å². The normalized spacial score (nSPS) is 32.0. The SMILES string of the molecule is O=CCC1(C(=O)O)CC(C(=O)O)CC1C(=O)O. The first kappa shape index (κ1) is 13.1. The van der Waals surface area contributed by atoms with Gasteiger partial charge in [0.1, 0.15) is 6.29 Å². The molecular weight excluding hydrogens is 232 g/mol. The van der Waals surface area contributed by atoms with E-state index < -0.39 is 41.6 Å². The molecule has 0 aromatic carbocycles. The third-order valence-corrected chi connectivity index (χ3v) is 3.32. The summed E-state index contributed by atoms with van der Waals surface area (Å²) in [5, 5.41) is 26.9. The molecule has 0 aromatic rings. The van der Waals surface area contributed by atoms with Crippen molar-refractivity contribution in [2.75, 3.05) is 0 Å². The molecule has 1 saturated carbocycles. The van der Waals surface area contributed by atoms with Crippen molar-refractivity contribution in [2.45, 2.75) is 19.3 Å². The Morgan fingerprint density at radius 2 is 1.76 bits per heavy atom. The van der Waals surface area contributed by atoms with Gasteiger partial charge in [0, 0.05) is 6.42 Å². The van der Waals surface area contributed by atoms with Crippen molar-refractivity contribution in [3.63, 3.8) is 0 Å². The Bertz CT molecular complexity index is 375. The van der Waals surface area contributed by atoms with Crippen LogP contribution in [0.25, 0.3) is 0 Å². The largest absolute Gasteiger partial charge is 0.481 e.